The van der Waals surface area contributed by atoms with E-state index in [9.17, 15) is 14.0 Å². The molecular formula is C14H13FN2O2S. The van der Waals surface area contributed by atoms with Crippen LogP contribution in [0.2, 0.25) is 0 Å². The lowest BCUT2D eigenvalue weighted by Gasteiger charge is -2.06. The smallest absolute Gasteiger partial charge is 0.313 e. The number of halogens is 1. The minimum absolute atomic E-state index is 0.254. The van der Waals surface area contributed by atoms with Crippen LogP contribution in [0, 0.1) is 12.7 Å². The maximum absolute atomic E-state index is 13.3. The predicted octanol–water partition coefficient (Wildman–Crippen LogP) is 2.45. The van der Waals surface area contributed by atoms with Gasteiger partial charge in [0.15, 0.2) is 0 Å². The molecule has 0 unspecified atom stereocenters. The highest BCUT2D eigenvalue weighted by Crippen LogP contribution is 2.13. The summed E-state index contributed by atoms with van der Waals surface area (Å²) in [7, 11) is 0. The first-order valence-electron chi connectivity index (χ1n) is 5.94. The van der Waals surface area contributed by atoms with Gasteiger partial charge in [0, 0.05) is 10.6 Å². The molecule has 2 aromatic rings. The molecule has 4 nitrogen and oxygen atoms in total. The zero-order chi connectivity index (χ0) is 14.5. The van der Waals surface area contributed by atoms with E-state index in [1.54, 1.807) is 13.0 Å². The van der Waals surface area contributed by atoms with Crippen molar-refractivity contribution in [1.29, 1.82) is 0 Å². The Balaban J connectivity index is 1.90. The summed E-state index contributed by atoms with van der Waals surface area (Å²) >= 11 is 1.49. The van der Waals surface area contributed by atoms with Crippen molar-refractivity contribution in [1.82, 2.24) is 5.32 Å². The number of rotatable bonds is 3. The van der Waals surface area contributed by atoms with E-state index in [-0.39, 0.29) is 5.69 Å². The molecule has 0 spiro atoms. The molecule has 1 aromatic carbocycles. The van der Waals surface area contributed by atoms with Crippen LogP contribution in [0.5, 0.6) is 0 Å². The van der Waals surface area contributed by atoms with Crippen LogP contribution in [0.1, 0.15) is 10.4 Å². The Kier molecular flexibility index (Phi) is 4.47. The highest BCUT2D eigenvalue weighted by atomic mass is 32.1. The van der Waals surface area contributed by atoms with Crippen LogP contribution in [-0.4, -0.2) is 11.8 Å². The molecule has 0 radical (unpaired) electrons. The Morgan fingerprint density at radius 1 is 1.25 bits per heavy atom. The summed E-state index contributed by atoms with van der Waals surface area (Å²) < 4.78 is 13.3. The summed E-state index contributed by atoms with van der Waals surface area (Å²) in [6.07, 6.45) is 0. The van der Waals surface area contributed by atoms with Gasteiger partial charge in [0.1, 0.15) is 5.82 Å². The molecule has 0 aliphatic carbocycles. The quantitative estimate of drug-likeness (QED) is 0.854. The second-order valence-electron chi connectivity index (χ2n) is 4.18. The molecule has 0 saturated carbocycles. The van der Waals surface area contributed by atoms with E-state index in [1.165, 1.54) is 23.5 Å². The number of carbonyl (C=O) groups is 2. The maximum atomic E-state index is 13.3. The molecule has 2 amide bonds. The van der Waals surface area contributed by atoms with E-state index in [1.807, 2.05) is 17.5 Å². The first-order chi connectivity index (χ1) is 9.56. The molecule has 0 bridgehead atoms. The van der Waals surface area contributed by atoms with E-state index in [4.69, 9.17) is 0 Å². The number of aryl methyl sites for hydroxylation is 1. The largest absolute Gasteiger partial charge is 0.343 e. The average molecular weight is 292 g/mol. The van der Waals surface area contributed by atoms with Gasteiger partial charge in [-0.15, -0.1) is 11.3 Å². The van der Waals surface area contributed by atoms with Gasteiger partial charge in [-0.1, -0.05) is 12.1 Å². The number of hydrogen-bond donors (Lipinski definition) is 2. The first-order valence-corrected chi connectivity index (χ1v) is 6.82. The Morgan fingerprint density at radius 3 is 2.70 bits per heavy atom. The summed E-state index contributed by atoms with van der Waals surface area (Å²) in [6, 6.07) is 7.98. The maximum Gasteiger partial charge on any atom is 0.313 e. The number of anilines is 1. The van der Waals surface area contributed by atoms with Gasteiger partial charge < -0.3 is 10.6 Å². The third kappa shape index (κ3) is 3.64. The zero-order valence-corrected chi connectivity index (χ0v) is 11.6. The van der Waals surface area contributed by atoms with Crippen molar-refractivity contribution in [2.45, 2.75) is 13.5 Å². The summed E-state index contributed by atoms with van der Waals surface area (Å²) in [5.41, 5.74) is 0.731. The van der Waals surface area contributed by atoms with Gasteiger partial charge in [-0.05, 0) is 36.1 Å². The second-order valence-corrected chi connectivity index (χ2v) is 5.21. The van der Waals surface area contributed by atoms with Crippen LogP contribution < -0.4 is 10.6 Å². The highest BCUT2D eigenvalue weighted by Gasteiger charge is 2.14. The molecule has 0 atom stereocenters. The van der Waals surface area contributed by atoms with Crippen LogP contribution in [0.15, 0.2) is 35.7 Å². The van der Waals surface area contributed by atoms with Crippen LogP contribution >= 0.6 is 11.3 Å². The molecule has 0 fully saturated rings. The molecule has 0 aliphatic rings. The number of nitrogens with one attached hydrogen (secondary N) is 2. The molecule has 2 rings (SSSR count). The number of benzene rings is 1. The SMILES string of the molecule is Cc1ccc(NC(=O)C(=O)NCc2cccs2)cc1F. The molecule has 0 saturated heterocycles. The lowest BCUT2D eigenvalue weighted by molar-refractivity contribution is -0.136. The van der Waals surface area contributed by atoms with Crippen molar-refractivity contribution in [3.8, 4) is 0 Å². The summed E-state index contributed by atoms with van der Waals surface area (Å²) in [6.45, 7) is 1.92. The zero-order valence-electron chi connectivity index (χ0n) is 10.8. The Morgan fingerprint density at radius 2 is 2.05 bits per heavy atom. The lowest BCUT2D eigenvalue weighted by Crippen LogP contribution is -2.34. The third-order valence-corrected chi connectivity index (χ3v) is 3.52. The molecule has 2 N–H and O–H groups in total. The second kappa shape index (κ2) is 6.29. The van der Waals surface area contributed by atoms with Crippen LogP contribution in [0.25, 0.3) is 0 Å². The summed E-state index contributed by atoms with van der Waals surface area (Å²) in [4.78, 5) is 24.2. The molecular weight excluding hydrogens is 279 g/mol. The van der Waals surface area contributed by atoms with Crippen molar-refractivity contribution >= 4 is 28.8 Å². The molecule has 104 valence electrons. The molecule has 1 aromatic heterocycles. The van der Waals surface area contributed by atoms with Crippen molar-refractivity contribution in [2.24, 2.45) is 0 Å². The molecule has 1 heterocycles. The predicted molar refractivity (Wildman–Crippen MR) is 75.9 cm³/mol. The fraction of sp³-hybridized carbons (Fsp3) is 0.143. The molecule has 20 heavy (non-hydrogen) atoms. The van der Waals surface area contributed by atoms with Crippen molar-refractivity contribution in [3.63, 3.8) is 0 Å². The fourth-order valence-corrected chi connectivity index (χ4v) is 2.16. The molecule has 6 heteroatoms. The average Bonchev–Trinajstić information content (AvgIpc) is 2.93. The van der Waals surface area contributed by atoms with Crippen molar-refractivity contribution in [2.75, 3.05) is 5.32 Å². The normalized spacial score (nSPS) is 10.1. The van der Waals surface area contributed by atoms with Crippen molar-refractivity contribution < 1.29 is 14.0 Å². The number of thiophene rings is 1. The highest BCUT2D eigenvalue weighted by molar-refractivity contribution is 7.09. The van der Waals surface area contributed by atoms with E-state index >= 15 is 0 Å². The lowest BCUT2D eigenvalue weighted by atomic mass is 10.2. The van der Waals surface area contributed by atoms with Crippen LogP contribution in [-0.2, 0) is 16.1 Å². The third-order valence-electron chi connectivity index (χ3n) is 2.64. The van der Waals surface area contributed by atoms with E-state index < -0.39 is 17.6 Å². The van der Waals surface area contributed by atoms with E-state index in [0.29, 0.717) is 12.1 Å². The van der Waals surface area contributed by atoms with E-state index in [2.05, 4.69) is 10.6 Å². The minimum atomic E-state index is -0.815. The van der Waals surface area contributed by atoms with Gasteiger partial charge in [0.25, 0.3) is 0 Å². The van der Waals surface area contributed by atoms with Gasteiger partial charge in [-0.3, -0.25) is 9.59 Å². The van der Waals surface area contributed by atoms with Crippen molar-refractivity contribution in [3.05, 3.63) is 52.0 Å². The van der Waals surface area contributed by atoms with Gasteiger partial charge in [-0.25, -0.2) is 4.39 Å². The van der Waals surface area contributed by atoms with Gasteiger partial charge >= 0.3 is 11.8 Å². The minimum Gasteiger partial charge on any atom is -0.343 e. The van der Waals surface area contributed by atoms with Gasteiger partial charge in [0.2, 0.25) is 0 Å². The van der Waals surface area contributed by atoms with Crippen LogP contribution in [0.3, 0.4) is 0 Å². The summed E-state index contributed by atoms with van der Waals surface area (Å²) in [5, 5.41) is 6.73. The van der Waals surface area contributed by atoms with Gasteiger partial charge in [-0.2, -0.15) is 0 Å². The first kappa shape index (κ1) is 14.2. The summed E-state index contributed by atoms with van der Waals surface area (Å²) in [5.74, 6) is -1.99. The number of amides is 2. The topological polar surface area (TPSA) is 58.2 Å². The van der Waals surface area contributed by atoms with E-state index in [0.717, 1.165) is 4.88 Å². The molecule has 0 aliphatic heterocycles. The monoisotopic (exact) mass is 292 g/mol. The Labute approximate surface area is 119 Å². The van der Waals surface area contributed by atoms with Crippen LogP contribution in [0.4, 0.5) is 10.1 Å². The standard InChI is InChI=1S/C14H13FN2O2S/c1-9-4-5-10(7-12(9)15)17-14(19)13(18)16-8-11-3-2-6-20-11/h2-7H,8H2,1H3,(H,16,18)(H,17,19). The van der Waals surface area contributed by atoms with Gasteiger partial charge in [0.05, 0.1) is 6.54 Å². The Bertz CT molecular complexity index is 626. The number of hydrogen-bond acceptors (Lipinski definition) is 3. The fourth-order valence-electron chi connectivity index (χ4n) is 1.52. The Hall–Kier alpha value is -2.21. The number of carbonyl (C=O) groups excluding carboxylic acids is 2.